The summed E-state index contributed by atoms with van der Waals surface area (Å²) >= 11 is 0. The highest BCUT2D eigenvalue weighted by atomic mass is 16.1. The van der Waals surface area contributed by atoms with Gasteiger partial charge < -0.3 is 10.2 Å². The van der Waals surface area contributed by atoms with Crippen molar-refractivity contribution < 1.29 is 0 Å². The standard InChI is InChI=1S/C9H16N4O/c1-4-10-6-7-5-8(14)12-9(11-7)13(2)3/h5,10H,4,6H2,1-3H3,(H,11,12,14). The number of aromatic amines is 1. The van der Waals surface area contributed by atoms with Crippen molar-refractivity contribution in [2.75, 3.05) is 25.5 Å². The largest absolute Gasteiger partial charge is 0.348 e. The SMILES string of the molecule is CCNCc1cc(=O)[nH]c(N(C)C)n1. The molecule has 0 radical (unpaired) electrons. The Morgan fingerprint density at radius 2 is 2.29 bits per heavy atom. The van der Waals surface area contributed by atoms with Crippen LogP contribution in [0.4, 0.5) is 5.95 Å². The minimum Gasteiger partial charge on any atom is -0.348 e. The van der Waals surface area contributed by atoms with E-state index in [1.54, 1.807) is 4.90 Å². The van der Waals surface area contributed by atoms with Gasteiger partial charge in [-0.1, -0.05) is 6.92 Å². The molecule has 14 heavy (non-hydrogen) atoms. The monoisotopic (exact) mass is 196 g/mol. The Hall–Kier alpha value is -1.36. The van der Waals surface area contributed by atoms with Crippen LogP contribution < -0.4 is 15.8 Å². The number of hydrogen-bond acceptors (Lipinski definition) is 4. The minimum absolute atomic E-state index is 0.114. The van der Waals surface area contributed by atoms with Gasteiger partial charge in [0.2, 0.25) is 5.95 Å². The number of aromatic nitrogens is 2. The Bertz CT molecular complexity index is 345. The van der Waals surface area contributed by atoms with E-state index in [-0.39, 0.29) is 5.56 Å². The first kappa shape index (κ1) is 10.7. The average Bonchev–Trinajstić information content (AvgIpc) is 2.14. The fourth-order valence-corrected chi connectivity index (χ4v) is 1.05. The summed E-state index contributed by atoms with van der Waals surface area (Å²) in [7, 11) is 3.69. The van der Waals surface area contributed by atoms with Crippen LogP contribution in [-0.2, 0) is 6.54 Å². The molecule has 0 aliphatic heterocycles. The molecular weight excluding hydrogens is 180 g/mol. The van der Waals surface area contributed by atoms with Gasteiger partial charge in [-0.05, 0) is 6.54 Å². The van der Waals surface area contributed by atoms with Gasteiger partial charge in [0.25, 0.3) is 5.56 Å². The molecule has 1 aromatic rings. The molecule has 0 amide bonds. The second-order valence-electron chi connectivity index (χ2n) is 3.24. The van der Waals surface area contributed by atoms with Crippen LogP contribution in [0.1, 0.15) is 12.6 Å². The number of anilines is 1. The lowest BCUT2D eigenvalue weighted by molar-refractivity contribution is 0.705. The molecular formula is C9H16N4O. The second-order valence-corrected chi connectivity index (χ2v) is 3.24. The van der Waals surface area contributed by atoms with E-state index >= 15 is 0 Å². The highest BCUT2D eigenvalue weighted by molar-refractivity contribution is 5.27. The van der Waals surface area contributed by atoms with Crippen molar-refractivity contribution in [1.82, 2.24) is 15.3 Å². The van der Waals surface area contributed by atoms with Crippen LogP contribution in [0.3, 0.4) is 0 Å². The van der Waals surface area contributed by atoms with Crippen LogP contribution in [0, 0.1) is 0 Å². The molecule has 5 heteroatoms. The summed E-state index contributed by atoms with van der Waals surface area (Å²) in [5.74, 6) is 0.588. The second kappa shape index (κ2) is 4.76. The summed E-state index contributed by atoms with van der Waals surface area (Å²) in [6, 6.07) is 1.51. The fraction of sp³-hybridized carbons (Fsp3) is 0.556. The van der Waals surface area contributed by atoms with E-state index in [9.17, 15) is 4.79 Å². The van der Waals surface area contributed by atoms with Crippen LogP contribution >= 0.6 is 0 Å². The summed E-state index contributed by atoms with van der Waals surface area (Å²) in [6.45, 7) is 3.51. The summed E-state index contributed by atoms with van der Waals surface area (Å²) in [5.41, 5.74) is 0.649. The van der Waals surface area contributed by atoms with Gasteiger partial charge in [0.05, 0.1) is 5.69 Å². The van der Waals surface area contributed by atoms with Crippen molar-refractivity contribution >= 4 is 5.95 Å². The van der Waals surface area contributed by atoms with E-state index in [4.69, 9.17) is 0 Å². The summed E-state index contributed by atoms with van der Waals surface area (Å²) < 4.78 is 0. The molecule has 0 spiro atoms. The molecule has 0 atom stereocenters. The van der Waals surface area contributed by atoms with Crippen LogP contribution in [0.15, 0.2) is 10.9 Å². The van der Waals surface area contributed by atoms with E-state index < -0.39 is 0 Å². The number of nitrogens with one attached hydrogen (secondary N) is 2. The van der Waals surface area contributed by atoms with Crippen LogP contribution in [0.2, 0.25) is 0 Å². The first-order chi connectivity index (χ1) is 6.63. The van der Waals surface area contributed by atoms with Crippen LogP contribution in [0.5, 0.6) is 0 Å². The molecule has 0 fully saturated rings. The molecule has 0 unspecified atom stereocenters. The summed E-state index contributed by atoms with van der Waals surface area (Å²) in [4.78, 5) is 19.9. The predicted molar refractivity (Wildman–Crippen MR) is 56.6 cm³/mol. The maximum absolute atomic E-state index is 11.2. The Kier molecular flexibility index (Phi) is 3.64. The van der Waals surface area contributed by atoms with Gasteiger partial charge in [-0.25, -0.2) is 4.98 Å². The lowest BCUT2D eigenvalue weighted by Gasteiger charge is -2.11. The maximum Gasteiger partial charge on any atom is 0.252 e. The summed E-state index contributed by atoms with van der Waals surface area (Å²) in [5, 5.41) is 3.12. The number of rotatable bonds is 4. The van der Waals surface area contributed by atoms with Crippen molar-refractivity contribution in [1.29, 1.82) is 0 Å². The first-order valence-corrected chi connectivity index (χ1v) is 4.61. The lowest BCUT2D eigenvalue weighted by atomic mass is 10.4. The summed E-state index contributed by atoms with van der Waals surface area (Å²) in [6.07, 6.45) is 0. The third-order valence-corrected chi connectivity index (χ3v) is 1.76. The third kappa shape index (κ3) is 2.85. The van der Waals surface area contributed by atoms with E-state index in [0.717, 1.165) is 12.2 Å². The molecule has 0 aliphatic rings. The number of nitrogens with zero attached hydrogens (tertiary/aromatic N) is 2. The lowest BCUT2D eigenvalue weighted by Crippen LogP contribution is -2.22. The molecule has 0 saturated heterocycles. The normalized spacial score (nSPS) is 10.2. The molecule has 0 aromatic carbocycles. The topological polar surface area (TPSA) is 61.0 Å². The third-order valence-electron chi connectivity index (χ3n) is 1.76. The van der Waals surface area contributed by atoms with E-state index in [1.165, 1.54) is 6.07 Å². The Labute approximate surface area is 83.2 Å². The van der Waals surface area contributed by atoms with E-state index in [1.807, 2.05) is 21.0 Å². The van der Waals surface area contributed by atoms with Crippen molar-refractivity contribution in [3.8, 4) is 0 Å². The predicted octanol–water partition coefficient (Wildman–Crippen LogP) is -0.0546. The maximum atomic E-state index is 11.2. The Balaban J connectivity index is 2.90. The number of hydrogen-bond donors (Lipinski definition) is 2. The zero-order chi connectivity index (χ0) is 10.6. The average molecular weight is 196 g/mol. The molecule has 78 valence electrons. The molecule has 0 aliphatic carbocycles. The van der Waals surface area contributed by atoms with Crippen molar-refractivity contribution in [2.45, 2.75) is 13.5 Å². The van der Waals surface area contributed by atoms with E-state index in [0.29, 0.717) is 12.5 Å². The molecule has 5 nitrogen and oxygen atoms in total. The van der Waals surface area contributed by atoms with Gasteiger partial charge in [0, 0.05) is 26.7 Å². The van der Waals surface area contributed by atoms with Gasteiger partial charge in [-0.15, -0.1) is 0 Å². The zero-order valence-electron chi connectivity index (χ0n) is 8.79. The van der Waals surface area contributed by atoms with Crippen LogP contribution in [-0.4, -0.2) is 30.6 Å². The van der Waals surface area contributed by atoms with Crippen molar-refractivity contribution in [3.63, 3.8) is 0 Å². The van der Waals surface area contributed by atoms with Crippen molar-refractivity contribution in [2.24, 2.45) is 0 Å². The molecule has 1 rings (SSSR count). The minimum atomic E-state index is -0.114. The zero-order valence-corrected chi connectivity index (χ0v) is 8.79. The van der Waals surface area contributed by atoms with Crippen molar-refractivity contribution in [3.05, 3.63) is 22.1 Å². The molecule has 0 saturated carbocycles. The first-order valence-electron chi connectivity index (χ1n) is 4.61. The van der Waals surface area contributed by atoms with Gasteiger partial charge in [-0.3, -0.25) is 9.78 Å². The van der Waals surface area contributed by atoms with Crippen LogP contribution in [0.25, 0.3) is 0 Å². The molecule has 1 heterocycles. The van der Waals surface area contributed by atoms with Gasteiger partial charge in [0.1, 0.15) is 0 Å². The number of H-pyrrole nitrogens is 1. The van der Waals surface area contributed by atoms with Gasteiger partial charge in [0.15, 0.2) is 0 Å². The quantitative estimate of drug-likeness (QED) is 0.708. The molecule has 2 N–H and O–H groups in total. The Morgan fingerprint density at radius 3 is 2.86 bits per heavy atom. The van der Waals surface area contributed by atoms with Gasteiger partial charge in [-0.2, -0.15) is 0 Å². The highest BCUT2D eigenvalue weighted by Gasteiger charge is 2.01. The fourth-order valence-electron chi connectivity index (χ4n) is 1.05. The highest BCUT2D eigenvalue weighted by Crippen LogP contribution is 1.99. The van der Waals surface area contributed by atoms with E-state index in [2.05, 4.69) is 15.3 Å². The smallest absolute Gasteiger partial charge is 0.252 e. The Morgan fingerprint density at radius 1 is 1.57 bits per heavy atom. The van der Waals surface area contributed by atoms with Gasteiger partial charge >= 0.3 is 0 Å². The molecule has 1 aromatic heterocycles. The molecule has 0 bridgehead atoms.